The molecule has 0 nitrogen and oxygen atoms in total. The number of hydrogen-bond donors (Lipinski definition) is 0. The molecule has 0 saturated carbocycles. The average Bonchev–Trinajstić information content (AvgIpc) is 3.01. The van der Waals surface area contributed by atoms with Gasteiger partial charge in [-0.1, -0.05) is 68.5 Å². The van der Waals surface area contributed by atoms with Crippen LogP contribution >= 0.6 is 0 Å². The first-order valence-electron chi connectivity index (χ1n) is 8.35. The van der Waals surface area contributed by atoms with Gasteiger partial charge in [-0.05, 0) is 58.9 Å². The van der Waals surface area contributed by atoms with E-state index in [0.717, 1.165) is 12.8 Å². The third kappa shape index (κ3) is 2.52. The van der Waals surface area contributed by atoms with E-state index in [2.05, 4.69) is 68.5 Å². The number of fused-ring (bicyclic) bond motifs is 2. The van der Waals surface area contributed by atoms with Crippen LogP contribution in [0.4, 0.5) is 0 Å². The lowest BCUT2D eigenvalue weighted by Gasteiger charge is -2.14. The first kappa shape index (κ1) is 13.8. The van der Waals surface area contributed by atoms with Crippen molar-refractivity contribution in [3.8, 4) is 0 Å². The van der Waals surface area contributed by atoms with Gasteiger partial charge in [0.2, 0.25) is 0 Å². The van der Waals surface area contributed by atoms with Crippen LogP contribution in [0, 0.1) is 11.3 Å². The van der Waals surface area contributed by atoms with Gasteiger partial charge < -0.3 is 0 Å². The Morgan fingerprint density at radius 3 is 2.36 bits per heavy atom. The molecule has 0 fully saturated rings. The van der Waals surface area contributed by atoms with Gasteiger partial charge in [-0.25, -0.2) is 0 Å². The van der Waals surface area contributed by atoms with E-state index < -0.39 is 0 Å². The fourth-order valence-corrected chi connectivity index (χ4v) is 3.97. The zero-order valence-corrected chi connectivity index (χ0v) is 13.5. The molecule has 0 bridgehead atoms. The van der Waals surface area contributed by atoms with Crippen LogP contribution in [-0.4, -0.2) is 0 Å². The highest BCUT2D eigenvalue weighted by Gasteiger charge is 2.30. The van der Waals surface area contributed by atoms with E-state index >= 15 is 0 Å². The van der Waals surface area contributed by atoms with E-state index in [1.165, 1.54) is 35.4 Å². The average molecular weight is 287 g/mol. The van der Waals surface area contributed by atoms with Gasteiger partial charge in [0.1, 0.15) is 0 Å². The summed E-state index contributed by atoms with van der Waals surface area (Å²) in [6, 6.07) is 15.7. The topological polar surface area (TPSA) is 0 Å². The Morgan fingerprint density at radius 1 is 0.864 bits per heavy atom. The molecule has 0 amide bonds. The van der Waals surface area contributed by atoms with Crippen LogP contribution in [0.25, 0.3) is 6.08 Å². The molecular formula is C22H23. The molecule has 22 heavy (non-hydrogen) atoms. The zero-order chi connectivity index (χ0) is 15.2. The molecule has 0 saturated heterocycles. The van der Waals surface area contributed by atoms with Crippen LogP contribution in [0.1, 0.15) is 48.1 Å². The van der Waals surface area contributed by atoms with Crippen LogP contribution in [0.2, 0.25) is 0 Å². The van der Waals surface area contributed by atoms with E-state index in [9.17, 15) is 0 Å². The van der Waals surface area contributed by atoms with Crippen molar-refractivity contribution in [1.82, 2.24) is 0 Å². The molecule has 1 radical (unpaired) electrons. The lowest BCUT2D eigenvalue weighted by molar-refractivity contribution is 0.392. The van der Waals surface area contributed by atoms with Crippen molar-refractivity contribution in [2.75, 3.05) is 0 Å². The molecule has 0 aliphatic heterocycles. The molecule has 2 aromatic carbocycles. The number of rotatable bonds is 3. The Bertz CT molecular complexity index is 719. The summed E-state index contributed by atoms with van der Waals surface area (Å²) in [4.78, 5) is 0. The molecule has 111 valence electrons. The minimum Gasteiger partial charge on any atom is -0.0721 e. The maximum Gasteiger partial charge on any atom is 0.0276 e. The summed E-state index contributed by atoms with van der Waals surface area (Å²) in [7, 11) is 0. The van der Waals surface area contributed by atoms with Crippen molar-refractivity contribution in [1.29, 1.82) is 0 Å². The lowest BCUT2D eigenvalue weighted by Crippen LogP contribution is -2.09. The Labute approximate surface area is 133 Å². The highest BCUT2D eigenvalue weighted by atomic mass is 14.3. The van der Waals surface area contributed by atoms with Crippen LogP contribution < -0.4 is 0 Å². The summed E-state index contributed by atoms with van der Waals surface area (Å²) in [5.74, 6) is 1.51. The first-order chi connectivity index (χ1) is 10.6. The molecule has 0 atom stereocenters. The largest absolute Gasteiger partial charge is 0.0721 e. The number of allylic oxidation sites excluding steroid dienone is 1. The second kappa shape index (κ2) is 5.12. The molecule has 2 aromatic rings. The van der Waals surface area contributed by atoms with Crippen LogP contribution in [-0.2, 0) is 19.3 Å². The molecule has 0 heterocycles. The summed E-state index contributed by atoms with van der Waals surface area (Å²) in [5.41, 5.74) is 7.92. The van der Waals surface area contributed by atoms with Crippen LogP contribution in [0.3, 0.4) is 0 Å². The summed E-state index contributed by atoms with van der Waals surface area (Å²) < 4.78 is 0. The van der Waals surface area contributed by atoms with Gasteiger partial charge in [0.15, 0.2) is 0 Å². The fraction of sp³-hybridized carbons (Fsp3) is 0.318. The summed E-state index contributed by atoms with van der Waals surface area (Å²) in [5, 5.41) is 0. The van der Waals surface area contributed by atoms with Crippen molar-refractivity contribution in [2.45, 2.75) is 39.5 Å². The molecule has 4 rings (SSSR count). The third-order valence-corrected chi connectivity index (χ3v) is 5.05. The maximum atomic E-state index is 2.47. The van der Waals surface area contributed by atoms with Crippen molar-refractivity contribution >= 4 is 6.08 Å². The fourth-order valence-electron chi connectivity index (χ4n) is 3.97. The van der Waals surface area contributed by atoms with Gasteiger partial charge in [0, 0.05) is 5.92 Å². The van der Waals surface area contributed by atoms with Gasteiger partial charge in [-0.3, -0.25) is 0 Å². The standard InChI is InChI=1S/C22H23/c1-22(2)14-19-12-18-11-10-17(21(18)13-20(19)15-22)9-8-16-6-4-3-5-7-16/h3-7,10-13H,8-9,14-15H2,1-2H3. The molecular weight excluding hydrogens is 264 g/mol. The van der Waals surface area contributed by atoms with E-state index in [4.69, 9.17) is 0 Å². The van der Waals surface area contributed by atoms with Gasteiger partial charge in [0.25, 0.3) is 0 Å². The highest BCUT2D eigenvalue weighted by Crippen LogP contribution is 2.41. The number of benzene rings is 2. The summed E-state index contributed by atoms with van der Waals surface area (Å²) in [6.07, 6.45) is 9.35. The van der Waals surface area contributed by atoms with Crippen molar-refractivity contribution in [3.63, 3.8) is 0 Å². The molecule has 2 aliphatic rings. The summed E-state index contributed by atoms with van der Waals surface area (Å²) in [6.45, 7) is 4.77. The smallest absolute Gasteiger partial charge is 0.0276 e. The molecule has 0 unspecified atom stereocenters. The number of aryl methyl sites for hydroxylation is 1. The highest BCUT2D eigenvalue weighted by molar-refractivity contribution is 5.70. The molecule has 0 heteroatoms. The van der Waals surface area contributed by atoms with Crippen LogP contribution in [0.5, 0.6) is 0 Å². The van der Waals surface area contributed by atoms with Crippen molar-refractivity contribution in [3.05, 3.63) is 82.3 Å². The first-order valence-corrected chi connectivity index (χ1v) is 8.35. The van der Waals surface area contributed by atoms with E-state index in [1.54, 1.807) is 11.1 Å². The second-order valence-corrected chi connectivity index (χ2v) is 7.57. The Kier molecular flexibility index (Phi) is 3.22. The van der Waals surface area contributed by atoms with Crippen molar-refractivity contribution in [2.24, 2.45) is 5.41 Å². The Balaban J connectivity index is 1.55. The van der Waals surface area contributed by atoms with Gasteiger partial charge >= 0.3 is 0 Å². The Morgan fingerprint density at radius 2 is 1.59 bits per heavy atom. The quantitative estimate of drug-likeness (QED) is 0.709. The van der Waals surface area contributed by atoms with Gasteiger partial charge in [-0.15, -0.1) is 0 Å². The number of hydrogen-bond acceptors (Lipinski definition) is 0. The van der Waals surface area contributed by atoms with Crippen LogP contribution in [0.15, 0.2) is 48.5 Å². The predicted octanol–water partition coefficient (Wildman–Crippen LogP) is 5.39. The van der Waals surface area contributed by atoms with Crippen molar-refractivity contribution < 1.29 is 0 Å². The van der Waals surface area contributed by atoms with E-state index in [0.29, 0.717) is 5.41 Å². The van der Waals surface area contributed by atoms with Gasteiger partial charge in [0.05, 0.1) is 0 Å². The van der Waals surface area contributed by atoms with Gasteiger partial charge in [-0.2, -0.15) is 0 Å². The predicted molar refractivity (Wildman–Crippen MR) is 93.8 cm³/mol. The molecule has 0 N–H and O–H groups in total. The minimum atomic E-state index is 0.436. The Hall–Kier alpha value is -1.82. The summed E-state index contributed by atoms with van der Waals surface area (Å²) >= 11 is 0. The maximum absolute atomic E-state index is 2.47. The second-order valence-electron chi connectivity index (χ2n) is 7.57. The molecule has 0 spiro atoms. The molecule has 0 aromatic heterocycles. The minimum absolute atomic E-state index is 0.436. The monoisotopic (exact) mass is 287 g/mol. The van der Waals surface area contributed by atoms with E-state index in [-0.39, 0.29) is 0 Å². The normalized spacial score (nSPS) is 18.5. The zero-order valence-electron chi connectivity index (χ0n) is 13.5. The van der Waals surface area contributed by atoms with E-state index in [1.807, 2.05) is 0 Å². The lowest BCUT2D eigenvalue weighted by atomic mass is 9.90. The SMILES string of the molecule is CC1(C)Cc2cc3c(cc2C1)[C](CCc1ccccc1)C=C3. The third-order valence-electron chi connectivity index (χ3n) is 5.05. The molecule has 2 aliphatic carbocycles.